The van der Waals surface area contributed by atoms with Crippen molar-refractivity contribution in [1.29, 1.82) is 0 Å². The van der Waals surface area contributed by atoms with Crippen molar-refractivity contribution in [3.05, 3.63) is 35.6 Å². The highest BCUT2D eigenvalue weighted by Crippen LogP contribution is 2.16. The van der Waals surface area contributed by atoms with Crippen LogP contribution in [-0.2, 0) is 0 Å². The molecule has 0 aromatic rings. The summed E-state index contributed by atoms with van der Waals surface area (Å²) in [5.41, 5.74) is 7.87. The van der Waals surface area contributed by atoms with Crippen molar-refractivity contribution in [2.24, 2.45) is 11.7 Å². The Balaban J connectivity index is 2.58. The minimum atomic E-state index is 0.607. The zero-order valence-corrected chi connectivity index (χ0v) is 7.17. The fraction of sp³-hybridized carbons (Fsp3) is 0.400. The summed E-state index contributed by atoms with van der Waals surface area (Å²) in [5.74, 6) is 0.607. The fourth-order valence-electron chi connectivity index (χ4n) is 1.01. The van der Waals surface area contributed by atoms with Crippen LogP contribution < -0.4 is 5.73 Å². The maximum absolute atomic E-state index is 5.71. The van der Waals surface area contributed by atoms with E-state index in [1.54, 1.807) is 0 Å². The van der Waals surface area contributed by atoms with Gasteiger partial charge in [0, 0.05) is 5.70 Å². The third-order valence-electron chi connectivity index (χ3n) is 1.69. The number of nitrogens with two attached hydrogens (primary N) is 1. The van der Waals surface area contributed by atoms with Crippen molar-refractivity contribution in [3.63, 3.8) is 0 Å². The Bertz CT molecular complexity index is 219. The topological polar surface area (TPSA) is 26.0 Å². The van der Waals surface area contributed by atoms with Crippen LogP contribution >= 0.6 is 0 Å². The van der Waals surface area contributed by atoms with Crippen LogP contribution in [0.5, 0.6) is 0 Å². The number of hydrogen-bond donors (Lipinski definition) is 1. The molecule has 1 heteroatoms. The SMILES string of the molecule is CC(C)/C=C\C1=C(N)C=CC1. The lowest BCUT2D eigenvalue weighted by Crippen LogP contribution is -1.93. The number of hydrogen-bond acceptors (Lipinski definition) is 1. The molecule has 0 fully saturated rings. The van der Waals surface area contributed by atoms with E-state index in [0.29, 0.717) is 5.92 Å². The van der Waals surface area contributed by atoms with Crippen molar-refractivity contribution in [2.45, 2.75) is 20.3 Å². The predicted molar refractivity (Wildman–Crippen MR) is 48.9 cm³/mol. The zero-order valence-electron chi connectivity index (χ0n) is 7.17. The van der Waals surface area contributed by atoms with Gasteiger partial charge in [-0.25, -0.2) is 0 Å². The van der Waals surface area contributed by atoms with Crippen molar-refractivity contribution in [2.75, 3.05) is 0 Å². The van der Waals surface area contributed by atoms with Crippen LogP contribution in [-0.4, -0.2) is 0 Å². The molecule has 0 radical (unpaired) electrons. The second kappa shape index (κ2) is 3.42. The van der Waals surface area contributed by atoms with E-state index in [1.807, 2.05) is 6.08 Å². The normalized spacial score (nSPS) is 17.7. The summed E-state index contributed by atoms with van der Waals surface area (Å²) in [6, 6.07) is 0. The van der Waals surface area contributed by atoms with Gasteiger partial charge in [0.1, 0.15) is 0 Å². The summed E-state index contributed by atoms with van der Waals surface area (Å²) < 4.78 is 0. The summed E-state index contributed by atoms with van der Waals surface area (Å²) in [4.78, 5) is 0. The molecule has 60 valence electrons. The molecule has 0 amide bonds. The molecule has 0 saturated heterocycles. The zero-order chi connectivity index (χ0) is 8.27. The standard InChI is InChI=1S/C10H15N/c1-8(2)6-7-9-4-3-5-10(9)11/h3,5-8H,4,11H2,1-2H3/b7-6-. The first-order valence-corrected chi connectivity index (χ1v) is 4.03. The Hall–Kier alpha value is -0.980. The summed E-state index contributed by atoms with van der Waals surface area (Å²) >= 11 is 0. The lowest BCUT2D eigenvalue weighted by Gasteiger charge is -1.97. The highest BCUT2D eigenvalue weighted by molar-refractivity contribution is 5.38. The van der Waals surface area contributed by atoms with Gasteiger partial charge in [-0.2, -0.15) is 0 Å². The molecule has 11 heavy (non-hydrogen) atoms. The van der Waals surface area contributed by atoms with E-state index in [0.717, 1.165) is 12.1 Å². The van der Waals surface area contributed by atoms with Crippen LogP contribution in [0.2, 0.25) is 0 Å². The van der Waals surface area contributed by atoms with Gasteiger partial charge in [-0.05, 0) is 24.0 Å². The number of rotatable bonds is 2. The summed E-state index contributed by atoms with van der Waals surface area (Å²) in [5, 5.41) is 0. The van der Waals surface area contributed by atoms with Gasteiger partial charge >= 0.3 is 0 Å². The molecule has 0 aromatic carbocycles. The Morgan fingerprint density at radius 2 is 2.27 bits per heavy atom. The molecule has 1 nitrogen and oxygen atoms in total. The molecule has 0 unspecified atom stereocenters. The van der Waals surface area contributed by atoms with E-state index in [1.165, 1.54) is 5.57 Å². The Labute approximate surface area is 68.3 Å². The molecule has 2 N–H and O–H groups in total. The van der Waals surface area contributed by atoms with E-state index in [2.05, 4.69) is 32.1 Å². The Morgan fingerprint density at radius 1 is 1.55 bits per heavy atom. The van der Waals surface area contributed by atoms with Crippen LogP contribution in [0.3, 0.4) is 0 Å². The summed E-state index contributed by atoms with van der Waals surface area (Å²) in [7, 11) is 0. The lowest BCUT2D eigenvalue weighted by atomic mass is 10.1. The third-order valence-corrected chi connectivity index (χ3v) is 1.69. The molecule has 0 aliphatic heterocycles. The lowest BCUT2D eigenvalue weighted by molar-refractivity contribution is 0.830. The average Bonchev–Trinajstić information content (AvgIpc) is 2.31. The van der Waals surface area contributed by atoms with E-state index >= 15 is 0 Å². The molecular formula is C10H15N. The second-order valence-corrected chi connectivity index (χ2v) is 3.19. The van der Waals surface area contributed by atoms with Crippen LogP contribution in [0, 0.1) is 5.92 Å². The second-order valence-electron chi connectivity index (χ2n) is 3.19. The molecule has 1 aliphatic carbocycles. The van der Waals surface area contributed by atoms with Gasteiger partial charge in [0.15, 0.2) is 0 Å². The monoisotopic (exact) mass is 149 g/mol. The quantitative estimate of drug-likeness (QED) is 0.641. The molecule has 0 heterocycles. The van der Waals surface area contributed by atoms with Crippen LogP contribution in [0.1, 0.15) is 20.3 Å². The fourth-order valence-corrected chi connectivity index (χ4v) is 1.01. The Morgan fingerprint density at radius 3 is 2.73 bits per heavy atom. The van der Waals surface area contributed by atoms with Gasteiger partial charge in [0.25, 0.3) is 0 Å². The minimum absolute atomic E-state index is 0.607. The maximum atomic E-state index is 5.71. The first kappa shape index (κ1) is 8.12. The third kappa shape index (κ3) is 2.26. The largest absolute Gasteiger partial charge is 0.399 e. The van der Waals surface area contributed by atoms with Crippen LogP contribution in [0.4, 0.5) is 0 Å². The summed E-state index contributed by atoms with van der Waals surface area (Å²) in [6.45, 7) is 4.32. The van der Waals surface area contributed by atoms with Gasteiger partial charge in [0.2, 0.25) is 0 Å². The molecule has 0 bridgehead atoms. The molecule has 1 aliphatic rings. The van der Waals surface area contributed by atoms with Gasteiger partial charge in [-0.1, -0.05) is 32.1 Å². The average molecular weight is 149 g/mol. The number of allylic oxidation sites excluding steroid dienone is 5. The molecule has 0 aromatic heterocycles. The van der Waals surface area contributed by atoms with E-state index in [9.17, 15) is 0 Å². The van der Waals surface area contributed by atoms with E-state index in [-0.39, 0.29) is 0 Å². The van der Waals surface area contributed by atoms with Crippen molar-refractivity contribution in [1.82, 2.24) is 0 Å². The highest BCUT2D eigenvalue weighted by Gasteiger charge is 2.01. The van der Waals surface area contributed by atoms with Crippen molar-refractivity contribution >= 4 is 0 Å². The highest BCUT2D eigenvalue weighted by atomic mass is 14.6. The van der Waals surface area contributed by atoms with Gasteiger partial charge in [-0.15, -0.1) is 0 Å². The van der Waals surface area contributed by atoms with Gasteiger partial charge in [0.05, 0.1) is 0 Å². The van der Waals surface area contributed by atoms with Crippen molar-refractivity contribution < 1.29 is 0 Å². The molecular weight excluding hydrogens is 134 g/mol. The molecule has 0 saturated carbocycles. The van der Waals surface area contributed by atoms with E-state index < -0.39 is 0 Å². The van der Waals surface area contributed by atoms with Crippen molar-refractivity contribution in [3.8, 4) is 0 Å². The minimum Gasteiger partial charge on any atom is -0.399 e. The molecule has 0 spiro atoms. The predicted octanol–water partition coefficient (Wildman–Crippen LogP) is 2.37. The maximum Gasteiger partial charge on any atom is 0.0346 e. The molecule has 1 rings (SSSR count). The van der Waals surface area contributed by atoms with Crippen LogP contribution in [0.25, 0.3) is 0 Å². The van der Waals surface area contributed by atoms with E-state index in [4.69, 9.17) is 5.73 Å². The summed E-state index contributed by atoms with van der Waals surface area (Å²) in [6.07, 6.45) is 9.36. The molecule has 0 atom stereocenters. The Kier molecular flexibility index (Phi) is 2.53. The first-order valence-electron chi connectivity index (χ1n) is 4.03. The smallest absolute Gasteiger partial charge is 0.0346 e. The van der Waals surface area contributed by atoms with Crippen LogP contribution in [0.15, 0.2) is 35.6 Å². The van der Waals surface area contributed by atoms with Gasteiger partial charge in [-0.3, -0.25) is 0 Å². The van der Waals surface area contributed by atoms with Gasteiger partial charge < -0.3 is 5.73 Å². The first-order chi connectivity index (χ1) is 5.20.